The van der Waals surface area contributed by atoms with E-state index in [4.69, 9.17) is 11.6 Å². The first-order valence-electron chi connectivity index (χ1n) is 3.47. The second-order valence-electron chi connectivity index (χ2n) is 2.47. The number of hydrogen-bond donors (Lipinski definition) is 0. The highest BCUT2D eigenvalue weighted by atomic mass is 35.5. The van der Waals surface area contributed by atoms with E-state index >= 15 is 0 Å². The first-order chi connectivity index (χ1) is 5.75. The lowest BCUT2D eigenvalue weighted by Crippen LogP contribution is -1.80. The Balaban J connectivity index is 0.000000845. The molecule has 0 saturated heterocycles. The van der Waals surface area contributed by atoms with Gasteiger partial charge in [0.25, 0.3) is 0 Å². The Bertz CT molecular complexity index is 394. The number of halogens is 3. The molecule has 0 fully saturated rings. The standard InChI is InChI=1S/C9H5ClFN.ClH/c10-9-4-2-6-1-3-7(11)5-8(6)12-9;/h1-5H;1H. The smallest absolute Gasteiger partial charge is 0.129 e. The molecule has 0 radical (unpaired) electrons. The predicted molar refractivity (Wildman–Crippen MR) is 54.0 cm³/mol. The van der Waals surface area contributed by atoms with E-state index in [2.05, 4.69) is 4.98 Å². The number of fused-ring (bicyclic) bond motifs is 1. The fraction of sp³-hybridized carbons (Fsp3) is 0. The first kappa shape index (κ1) is 10.2. The third kappa shape index (κ3) is 2.08. The van der Waals surface area contributed by atoms with Crippen LogP contribution >= 0.6 is 24.0 Å². The van der Waals surface area contributed by atoms with Gasteiger partial charge in [-0.05, 0) is 24.3 Å². The van der Waals surface area contributed by atoms with Gasteiger partial charge in [-0.2, -0.15) is 0 Å². The van der Waals surface area contributed by atoms with Gasteiger partial charge in [-0.15, -0.1) is 12.4 Å². The van der Waals surface area contributed by atoms with E-state index < -0.39 is 0 Å². The van der Waals surface area contributed by atoms with E-state index in [0.29, 0.717) is 10.7 Å². The van der Waals surface area contributed by atoms with Gasteiger partial charge in [0.05, 0.1) is 5.52 Å². The number of aromatic nitrogens is 1. The summed E-state index contributed by atoms with van der Waals surface area (Å²) in [4.78, 5) is 3.96. The molecule has 2 rings (SSSR count). The van der Waals surface area contributed by atoms with Crippen LogP contribution in [0.25, 0.3) is 10.9 Å². The Morgan fingerprint density at radius 2 is 1.85 bits per heavy atom. The first-order valence-corrected chi connectivity index (χ1v) is 3.85. The van der Waals surface area contributed by atoms with E-state index in [1.165, 1.54) is 12.1 Å². The Morgan fingerprint density at radius 3 is 2.62 bits per heavy atom. The molecule has 0 atom stereocenters. The molecule has 4 heteroatoms. The molecule has 68 valence electrons. The monoisotopic (exact) mass is 217 g/mol. The van der Waals surface area contributed by atoms with Crippen LogP contribution in [0, 0.1) is 5.82 Å². The third-order valence-electron chi connectivity index (χ3n) is 1.62. The average molecular weight is 218 g/mol. The number of benzene rings is 1. The average Bonchev–Trinajstić information content (AvgIpc) is 2.03. The van der Waals surface area contributed by atoms with Crippen LogP contribution in [0.4, 0.5) is 4.39 Å². The van der Waals surface area contributed by atoms with Gasteiger partial charge in [0.15, 0.2) is 0 Å². The van der Waals surface area contributed by atoms with Crippen LogP contribution in [-0.2, 0) is 0 Å². The molecule has 0 aliphatic rings. The molecular formula is C9H6Cl2FN. The molecule has 1 nitrogen and oxygen atoms in total. The molecule has 0 unspecified atom stereocenters. The Labute approximate surface area is 86.0 Å². The van der Waals surface area contributed by atoms with Crippen LogP contribution in [0.2, 0.25) is 5.15 Å². The largest absolute Gasteiger partial charge is 0.236 e. The minimum Gasteiger partial charge on any atom is -0.236 e. The summed E-state index contributed by atoms with van der Waals surface area (Å²) >= 11 is 5.64. The molecule has 0 amide bonds. The van der Waals surface area contributed by atoms with Crippen LogP contribution in [-0.4, -0.2) is 4.98 Å². The third-order valence-corrected chi connectivity index (χ3v) is 1.83. The summed E-state index contributed by atoms with van der Waals surface area (Å²) < 4.78 is 12.7. The summed E-state index contributed by atoms with van der Waals surface area (Å²) in [6, 6.07) is 7.93. The maximum absolute atomic E-state index is 12.7. The molecule has 0 aliphatic heterocycles. The van der Waals surface area contributed by atoms with E-state index in [0.717, 1.165) is 5.39 Å². The molecule has 13 heavy (non-hydrogen) atoms. The fourth-order valence-corrected chi connectivity index (χ4v) is 1.22. The summed E-state index contributed by atoms with van der Waals surface area (Å²) in [5.41, 5.74) is 0.586. The molecule has 1 heterocycles. The molecule has 0 bridgehead atoms. The van der Waals surface area contributed by atoms with Crippen LogP contribution < -0.4 is 0 Å². The summed E-state index contributed by atoms with van der Waals surface area (Å²) in [6.07, 6.45) is 0. The van der Waals surface area contributed by atoms with E-state index in [9.17, 15) is 4.39 Å². The van der Waals surface area contributed by atoms with Gasteiger partial charge in [-0.1, -0.05) is 11.6 Å². The van der Waals surface area contributed by atoms with Gasteiger partial charge >= 0.3 is 0 Å². The van der Waals surface area contributed by atoms with Crippen molar-refractivity contribution in [1.82, 2.24) is 4.98 Å². The molecule has 0 spiro atoms. The van der Waals surface area contributed by atoms with Gasteiger partial charge in [0.1, 0.15) is 11.0 Å². The lowest BCUT2D eigenvalue weighted by atomic mass is 10.2. The quantitative estimate of drug-likeness (QED) is 0.617. The summed E-state index contributed by atoms with van der Waals surface area (Å²) in [7, 11) is 0. The summed E-state index contributed by atoms with van der Waals surface area (Å²) in [6.45, 7) is 0. The molecule has 1 aromatic heterocycles. The highest BCUT2D eigenvalue weighted by Gasteiger charge is 1.97. The minimum atomic E-state index is -0.294. The molecule has 2 aromatic rings. The van der Waals surface area contributed by atoms with Crippen molar-refractivity contribution in [2.45, 2.75) is 0 Å². The molecular weight excluding hydrogens is 212 g/mol. The van der Waals surface area contributed by atoms with Gasteiger partial charge in [-0.3, -0.25) is 0 Å². The minimum absolute atomic E-state index is 0. The number of hydrogen-bond acceptors (Lipinski definition) is 1. The van der Waals surface area contributed by atoms with Crippen molar-refractivity contribution >= 4 is 34.9 Å². The van der Waals surface area contributed by atoms with Crippen LogP contribution in [0.3, 0.4) is 0 Å². The van der Waals surface area contributed by atoms with Crippen molar-refractivity contribution in [2.75, 3.05) is 0 Å². The number of rotatable bonds is 0. The zero-order chi connectivity index (χ0) is 8.55. The topological polar surface area (TPSA) is 12.9 Å². The van der Waals surface area contributed by atoms with Crippen molar-refractivity contribution in [2.24, 2.45) is 0 Å². The maximum atomic E-state index is 12.7. The van der Waals surface area contributed by atoms with E-state index in [1.807, 2.05) is 6.07 Å². The zero-order valence-electron chi connectivity index (χ0n) is 6.50. The lowest BCUT2D eigenvalue weighted by molar-refractivity contribution is 0.629. The molecule has 1 aromatic carbocycles. The van der Waals surface area contributed by atoms with Gasteiger partial charge in [0.2, 0.25) is 0 Å². The highest BCUT2D eigenvalue weighted by molar-refractivity contribution is 6.29. The van der Waals surface area contributed by atoms with Crippen LogP contribution in [0.5, 0.6) is 0 Å². The number of pyridine rings is 1. The van der Waals surface area contributed by atoms with E-state index in [1.54, 1.807) is 12.1 Å². The molecule has 0 saturated carbocycles. The lowest BCUT2D eigenvalue weighted by Gasteiger charge is -1.96. The van der Waals surface area contributed by atoms with Crippen molar-refractivity contribution in [3.05, 3.63) is 41.3 Å². The van der Waals surface area contributed by atoms with Gasteiger partial charge in [0, 0.05) is 11.5 Å². The van der Waals surface area contributed by atoms with Crippen molar-refractivity contribution in [3.63, 3.8) is 0 Å². The Hall–Kier alpha value is -0.860. The van der Waals surface area contributed by atoms with Gasteiger partial charge < -0.3 is 0 Å². The number of nitrogens with zero attached hydrogens (tertiary/aromatic N) is 1. The maximum Gasteiger partial charge on any atom is 0.129 e. The Kier molecular flexibility index (Phi) is 3.07. The SMILES string of the molecule is Cl.Fc1ccc2ccc(Cl)nc2c1. The normalized spacial score (nSPS) is 9.69. The van der Waals surface area contributed by atoms with Crippen molar-refractivity contribution < 1.29 is 4.39 Å². The predicted octanol–water partition coefficient (Wildman–Crippen LogP) is 3.45. The van der Waals surface area contributed by atoms with Crippen molar-refractivity contribution in [3.8, 4) is 0 Å². The molecule has 0 N–H and O–H groups in total. The second-order valence-corrected chi connectivity index (χ2v) is 2.86. The summed E-state index contributed by atoms with van der Waals surface area (Å²) in [5.74, 6) is -0.294. The van der Waals surface area contributed by atoms with Crippen LogP contribution in [0.1, 0.15) is 0 Å². The molecule has 0 aliphatic carbocycles. The summed E-state index contributed by atoms with van der Waals surface area (Å²) in [5, 5.41) is 1.27. The fourth-order valence-electron chi connectivity index (χ4n) is 1.07. The van der Waals surface area contributed by atoms with Crippen molar-refractivity contribution in [1.29, 1.82) is 0 Å². The van der Waals surface area contributed by atoms with Crippen LogP contribution in [0.15, 0.2) is 30.3 Å². The Morgan fingerprint density at radius 1 is 1.15 bits per heavy atom. The zero-order valence-corrected chi connectivity index (χ0v) is 8.07. The van der Waals surface area contributed by atoms with Gasteiger partial charge in [-0.25, -0.2) is 9.37 Å². The highest BCUT2D eigenvalue weighted by Crippen LogP contribution is 2.15. The second kappa shape index (κ2) is 3.90. The van der Waals surface area contributed by atoms with E-state index in [-0.39, 0.29) is 18.2 Å².